The van der Waals surface area contributed by atoms with Crippen LogP contribution in [0.3, 0.4) is 0 Å². The summed E-state index contributed by atoms with van der Waals surface area (Å²) in [5.74, 6) is -0.127. The van der Waals surface area contributed by atoms with Crippen molar-refractivity contribution < 1.29 is 9.59 Å². The molecule has 0 aromatic heterocycles. The van der Waals surface area contributed by atoms with Crippen LogP contribution in [0.2, 0.25) is 0 Å². The Morgan fingerprint density at radius 1 is 0.909 bits per heavy atom. The number of hydrogen-bond acceptors (Lipinski definition) is 2. The van der Waals surface area contributed by atoms with Crippen LogP contribution in [0.5, 0.6) is 0 Å². The molecule has 0 heterocycles. The summed E-state index contributed by atoms with van der Waals surface area (Å²) in [4.78, 5) is 25.0. The Bertz CT molecular complexity index is 639. The first-order valence-corrected chi connectivity index (χ1v) is 7.11. The minimum absolute atomic E-state index is 0.127. The minimum atomic E-state index is -0.194. The molecule has 0 aliphatic heterocycles. The summed E-state index contributed by atoms with van der Waals surface area (Å²) in [5.41, 5.74) is 2.21. The van der Waals surface area contributed by atoms with E-state index in [0.29, 0.717) is 17.9 Å². The molecule has 3 amide bonds. The second kappa shape index (κ2) is 7.26. The van der Waals surface area contributed by atoms with Crippen LogP contribution in [-0.2, 0) is 4.79 Å². The molecule has 0 aliphatic carbocycles. The van der Waals surface area contributed by atoms with E-state index >= 15 is 0 Å². The summed E-state index contributed by atoms with van der Waals surface area (Å²) in [7, 11) is 0. The molecule has 0 saturated carbocycles. The van der Waals surface area contributed by atoms with Crippen molar-refractivity contribution in [2.45, 2.75) is 13.8 Å². The molecular formula is C17H19N3O2. The van der Waals surface area contributed by atoms with Gasteiger partial charge in [0.2, 0.25) is 5.91 Å². The summed E-state index contributed by atoms with van der Waals surface area (Å²) in [5, 5.41) is 5.53. The van der Waals surface area contributed by atoms with Crippen molar-refractivity contribution in [3.05, 3.63) is 54.6 Å². The second-order valence-electron chi connectivity index (χ2n) is 4.77. The van der Waals surface area contributed by atoms with Gasteiger partial charge in [-0.2, -0.15) is 0 Å². The normalized spacial score (nSPS) is 9.91. The molecule has 2 rings (SSSR count). The van der Waals surface area contributed by atoms with Crippen LogP contribution in [-0.4, -0.2) is 18.5 Å². The number of nitrogens with one attached hydrogen (secondary N) is 2. The minimum Gasteiger partial charge on any atom is -0.326 e. The average molecular weight is 297 g/mol. The molecule has 2 aromatic rings. The van der Waals surface area contributed by atoms with Crippen LogP contribution >= 0.6 is 0 Å². The number of rotatable bonds is 4. The van der Waals surface area contributed by atoms with Gasteiger partial charge in [0.1, 0.15) is 0 Å². The van der Waals surface area contributed by atoms with E-state index in [-0.39, 0.29) is 11.9 Å². The zero-order valence-corrected chi connectivity index (χ0v) is 12.7. The van der Waals surface area contributed by atoms with Crippen molar-refractivity contribution in [2.75, 3.05) is 22.1 Å². The number of nitrogens with zero attached hydrogens (tertiary/aromatic N) is 1. The van der Waals surface area contributed by atoms with E-state index < -0.39 is 0 Å². The van der Waals surface area contributed by atoms with Gasteiger partial charge in [0.05, 0.1) is 0 Å². The van der Waals surface area contributed by atoms with Gasteiger partial charge in [-0.1, -0.05) is 18.2 Å². The highest BCUT2D eigenvalue weighted by Crippen LogP contribution is 2.17. The van der Waals surface area contributed by atoms with Crippen molar-refractivity contribution in [2.24, 2.45) is 0 Å². The van der Waals surface area contributed by atoms with E-state index in [1.807, 2.05) is 37.3 Å². The van der Waals surface area contributed by atoms with E-state index in [9.17, 15) is 9.59 Å². The summed E-state index contributed by atoms with van der Waals surface area (Å²) in [6, 6.07) is 16.3. The van der Waals surface area contributed by atoms with Gasteiger partial charge in [-0.05, 0) is 43.3 Å². The van der Waals surface area contributed by atoms with Crippen molar-refractivity contribution in [3.63, 3.8) is 0 Å². The number of benzene rings is 2. The Hall–Kier alpha value is -2.82. The first-order chi connectivity index (χ1) is 10.6. The molecular weight excluding hydrogens is 278 g/mol. The third kappa shape index (κ3) is 4.09. The Kier molecular flexibility index (Phi) is 5.14. The van der Waals surface area contributed by atoms with Gasteiger partial charge in [0, 0.05) is 30.5 Å². The molecule has 0 aliphatic rings. The fraction of sp³-hybridized carbons (Fsp3) is 0.176. The maximum atomic E-state index is 12.4. The second-order valence-corrected chi connectivity index (χ2v) is 4.77. The molecule has 5 nitrogen and oxygen atoms in total. The molecule has 0 unspecified atom stereocenters. The van der Waals surface area contributed by atoms with Gasteiger partial charge < -0.3 is 10.6 Å². The van der Waals surface area contributed by atoms with Crippen molar-refractivity contribution in [3.8, 4) is 0 Å². The first-order valence-electron chi connectivity index (χ1n) is 7.11. The summed E-state index contributed by atoms with van der Waals surface area (Å²) >= 11 is 0. The maximum Gasteiger partial charge on any atom is 0.326 e. The number of anilines is 3. The van der Waals surface area contributed by atoms with Crippen LogP contribution < -0.4 is 15.5 Å². The van der Waals surface area contributed by atoms with Crippen molar-refractivity contribution >= 4 is 29.0 Å². The predicted octanol–water partition coefficient (Wildman–Crippen LogP) is 3.70. The van der Waals surface area contributed by atoms with E-state index in [0.717, 1.165) is 5.69 Å². The Morgan fingerprint density at radius 3 is 1.95 bits per heavy atom. The Morgan fingerprint density at radius 2 is 1.45 bits per heavy atom. The van der Waals surface area contributed by atoms with Crippen molar-refractivity contribution in [1.82, 2.24) is 0 Å². The molecule has 0 fully saturated rings. The number of hydrogen-bond donors (Lipinski definition) is 2. The molecule has 2 N–H and O–H groups in total. The molecule has 0 spiro atoms. The van der Waals surface area contributed by atoms with E-state index in [1.165, 1.54) is 6.92 Å². The fourth-order valence-corrected chi connectivity index (χ4v) is 2.08. The number of urea groups is 1. The molecule has 114 valence electrons. The van der Waals surface area contributed by atoms with Crippen LogP contribution in [0.25, 0.3) is 0 Å². The summed E-state index contributed by atoms with van der Waals surface area (Å²) in [6.45, 7) is 3.95. The highest BCUT2D eigenvalue weighted by molar-refractivity contribution is 6.01. The lowest BCUT2D eigenvalue weighted by Crippen LogP contribution is -2.34. The Balaban J connectivity index is 2.05. The zero-order valence-electron chi connectivity index (χ0n) is 12.7. The third-order valence-corrected chi connectivity index (χ3v) is 3.09. The lowest BCUT2D eigenvalue weighted by molar-refractivity contribution is -0.114. The SMILES string of the molecule is CCN(C(=O)Nc1ccc(NC(C)=O)cc1)c1ccccc1. The van der Waals surface area contributed by atoms with Crippen LogP contribution in [0.4, 0.5) is 21.9 Å². The van der Waals surface area contributed by atoms with Crippen LogP contribution in [0.1, 0.15) is 13.8 Å². The van der Waals surface area contributed by atoms with Crippen LogP contribution in [0.15, 0.2) is 54.6 Å². The molecule has 22 heavy (non-hydrogen) atoms. The molecule has 0 bridgehead atoms. The number of amides is 3. The first kappa shape index (κ1) is 15.6. The van der Waals surface area contributed by atoms with Gasteiger partial charge in [-0.3, -0.25) is 9.69 Å². The fourth-order valence-electron chi connectivity index (χ4n) is 2.08. The molecule has 5 heteroatoms. The molecule has 0 radical (unpaired) electrons. The van der Waals surface area contributed by atoms with E-state index in [4.69, 9.17) is 0 Å². The predicted molar refractivity (Wildman–Crippen MR) is 89.2 cm³/mol. The third-order valence-electron chi connectivity index (χ3n) is 3.09. The molecule has 0 atom stereocenters. The number of carbonyl (C=O) groups is 2. The quantitative estimate of drug-likeness (QED) is 0.903. The van der Waals surface area contributed by atoms with Gasteiger partial charge >= 0.3 is 6.03 Å². The molecule has 2 aromatic carbocycles. The lowest BCUT2D eigenvalue weighted by Gasteiger charge is -2.21. The van der Waals surface area contributed by atoms with Gasteiger partial charge in [-0.15, -0.1) is 0 Å². The van der Waals surface area contributed by atoms with E-state index in [2.05, 4.69) is 10.6 Å². The van der Waals surface area contributed by atoms with Crippen molar-refractivity contribution in [1.29, 1.82) is 0 Å². The molecule has 0 saturated heterocycles. The number of para-hydroxylation sites is 1. The smallest absolute Gasteiger partial charge is 0.326 e. The summed E-state index contributed by atoms with van der Waals surface area (Å²) < 4.78 is 0. The topological polar surface area (TPSA) is 61.4 Å². The van der Waals surface area contributed by atoms with Gasteiger partial charge in [0.25, 0.3) is 0 Å². The lowest BCUT2D eigenvalue weighted by atomic mass is 10.2. The van der Waals surface area contributed by atoms with E-state index in [1.54, 1.807) is 29.2 Å². The summed E-state index contributed by atoms with van der Waals surface area (Å²) in [6.07, 6.45) is 0. The largest absolute Gasteiger partial charge is 0.326 e. The standard InChI is InChI=1S/C17H19N3O2/c1-3-20(16-7-5-4-6-8-16)17(22)19-15-11-9-14(10-12-15)18-13(2)21/h4-12H,3H2,1-2H3,(H,18,21)(H,19,22). The van der Waals surface area contributed by atoms with Gasteiger partial charge in [0.15, 0.2) is 0 Å². The average Bonchev–Trinajstić information content (AvgIpc) is 2.50. The van der Waals surface area contributed by atoms with Crippen LogP contribution in [0, 0.1) is 0 Å². The van der Waals surface area contributed by atoms with Gasteiger partial charge in [-0.25, -0.2) is 4.79 Å². The highest BCUT2D eigenvalue weighted by atomic mass is 16.2. The Labute approximate surface area is 129 Å². The zero-order chi connectivity index (χ0) is 15.9. The monoisotopic (exact) mass is 297 g/mol. The number of carbonyl (C=O) groups excluding carboxylic acids is 2. The highest BCUT2D eigenvalue weighted by Gasteiger charge is 2.13. The maximum absolute atomic E-state index is 12.4.